The molecule has 2 aromatic rings. The van der Waals surface area contributed by atoms with Gasteiger partial charge in [-0.2, -0.15) is 0 Å². The molecule has 2 aromatic carbocycles. The monoisotopic (exact) mass is 343 g/mol. The van der Waals surface area contributed by atoms with Gasteiger partial charge in [0.05, 0.1) is 13.0 Å². The van der Waals surface area contributed by atoms with Gasteiger partial charge in [-0.1, -0.05) is 48.0 Å². The lowest BCUT2D eigenvalue weighted by Gasteiger charge is -2.27. The fourth-order valence-electron chi connectivity index (χ4n) is 3.25. The number of halogens is 1. The first-order chi connectivity index (χ1) is 11.6. The van der Waals surface area contributed by atoms with Gasteiger partial charge in [0.25, 0.3) is 0 Å². The number of methoxy groups -OCH3 is 1. The van der Waals surface area contributed by atoms with Crippen molar-refractivity contribution in [3.63, 3.8) is 0 Å². The van der Waals surface area contributed by atoms with Crippen molar-refractivity contribution < 1.29 is 9.66 Å². The summed E-state index contributed by atoms with van der Waals surface area (Å²) in [7, 11) is 1.63. The summed E-state index contributed by atoms with van der Waals surface area (Å²) in [6, 6.07) is 14.5. The van der Waals surface area contributed by atoms with Crippen molar-refractivity contribution in [3.05, 3.63) is 80.9 Å². The molecular weight excluding hydrogens is 326 g/mol. The van der Waals surface area contributed by atoms with E-state index in [1.165, 1.54) is 0 Å². The largest absolute Gasteiger partial charge is 0.497 e. The fraction of sp³-hybridized carbons (Fsp3) is 0.263. The number of hydrogen-bond acceptors (Lipinski definition) is 3. The highest BCUT2D eigenvalue weighted by atomic mass is 35.5. The standard InChI is InChI=1S/C19H18ClNO3/c1-24-15-9-6-13(7-10-15)14-8-11-19(21(22)23)17(12-14)16-4-2-3-5-18(16)20/h2-10,17,19H,11-12H2,1H3/t17-,19+/m1/s1. The number of benzene rings is 2. The van der Waals surface area contributed by atoms with E-state index in [0.717, 1.165) is 22.4 Å². The van der Waals surface area contributed by atoms with Crippen LogP contribution in [0.3, 0.4) is 0 Å². The molecule has 24 heavy (non-hydrogen) atoms. The summed E-state index contributed by atoms with van der Waals surface area (Å²) in [4.78, 5) is 11.3. The Bertz CT molecular complexity index is 770. The topological polar surface area (TPSA) is 52.4 Å². The zero-order valence-corrected chi connectivity index (χ0v) is 14.1. The van der Waals surface area contributed by atoms with Gasteiger partial charge in [-0.3, -0.25) is 10.1 Å². The molecule has 0 aliphatic heterocycles. The minimum absolute atomic E-state index is 0.185. The third kappa shape index (κ3) is 3.29. The maximum absolute atomic E-state index is 11.5. The number of ether oxygens (including phenoxy) is 1. The molecule has 0 saturated heterocycles. The number of nitro groups is 1. The van der Waals surface area contributed by atoms with Crippen LogP contribution in [-0.2, 0) is 0 Å². The first-order valence-corrected chi connectivity index (χ1v) is 8.19. The third-order valence-electron chi connectivity index (χ3n) is 4.55. The van der Waals surface area contributed by atoms with Gasteiger partial charge in [0, 0.05) is 16.4 Å². The van der Waals surface area contributed by atoms with Gasteiger partial charge in [-0.15, -0.1) is 0 Å². The first kappa shape index (κ1) is 16.5. The van der Waals surface area contributed by atoms with Gasteiger partial charge >= 0.3 is 0 Å². The minimum Gasteiger partial charge on any atom is -0.497 e. The van der Waals surface area contributed by atoms with Crippen molar-refractivity contribution in [1.82, 2.24) is 0 Å². The Balaban J connectivity index is 1.94. The van der Waals surface area contributed by atoms with Crippen LogP contribution in [-0.4, -0.2) is 18.1 Å². The van der Waals surface area contributed by atoms with Crippen molar-refractivity contribution in [1.29, 1.82) is 0 Å². The Labute approximate surface area is 145 Å². The van der Waals surface area contributed by atoms with Crippen molar-refractivity contribution in [3.8, 4) is 5.75 Å². The Morgan fingerprint density at radius 3 is 2.50 bits per heavy atom. The van der Waals surface area contributed by atoms with E-state index in [4.69, 9.17) is 16.3 Å². The summed E-state index contributed by atoms with van der Waals surface area (Å²) in [6.45, 7) is 0. The maximum atomic E-state index is 11.5. The molecule has 0 unspecified atom stereocenters. The van der Waals surface area contributed by atoms with Crippen LogP contribution in [0.4, 0.5) is 0 Å². The van der Waals surface area contributed by atoms with E-state index in [2.05, 4.69) is 0 Å². The molecule has 0 aromatic heterocycles. The van der Waals surface area contributed by atoms with E-state index >= 15 is 0 Å². The minimum atomic E-state index is -0.646. The molecule has 0 amide bonds. The highest BCUT2D eigenvalue weighted by Gasteiger charge is 2.36. The van der Waals surface area contributed by atoms with Crippen LogP contribution in [0.2, 0.25) is 5.02 Å². The molecule has 0 fully saturated rings. The number of hydrogen-bond donors (Lipinski definition) is 0. The summed E-state index contributed by atoms with van der Waals surface area (Å²) in [5.74, 6) is 0.566. The van der Waals surface area contributed by atoms with Gasteiger partial charge in [0.1, 0.15) is 5.75 Å². The molecule has 2 atom stereocenters. The number of rotatable bonds is 4. The average Bonchev–Trinajstić information content (AvgIpc) is 2.61. The Hall–Kier alpha value is -2.33. The molecule has 1 aliphatic rings. The molecule has 0 bridgehead atoms. The molecule has 0 saturated carbocycles. The van der Waals surface area contributed by atoms with Crippen molar-refractivity contribution >= 4 is 17.2 Å². The van der Waals surface area contributed by atoms with Crippen molar-refractivity contribution in [2.45, 2.75) is 24.8 Å². The summed E-state index contributed by atoms with van der Waals surface area (Å²) < 4.78 is 5.18. The van der Waals surface area contributed by atoms with Crippen LogP contribution < -0.4 is 4.74 Å². The van der Waals surface area contributed by atoms with E-state index in [9.17, 15) is 10.1 Å². The lowest BCUT2D eigenvalue weighted by atomic mass is 9.78. The second-order valence-electron chi connectivity index (χ2n) is 5.88. The maximum Gasteiger partial charge on any atom is 0.223 e. The Kier molecular flexibility index (Phi) is 4.86. The number of nitrogens with zero attached hydrogens (tertiary/aromatic N) is 1. The van der Waals surface area contributed by atoms with Crippen LogP contribution in [0.15, 0.2) is 54.6 Å². The third-order valence-corrected chi connectivity index (χ3v) is 4.89. The van der Waals surface area contributed by atoms with Crippen LogP contribution in [0.5, 0.6) is 5.75 Å². The predicted molar refractivity (Wildman–Crippen MR) is 95.2 cm³/mol. The second kappa shape index (κ2) is 7.05. The quantitative estimate of drug-likeness (QED) is 0.582. The number of allylic oxidation sites excluding steroid dienone is 1. The normalized spacial score (nSPS) is 20.3. The molecule has 0 spiro atoms. The SMILES string of the molecule is COc1ccc(C2=CC[C@H]([N+](=O)[O-])[C@@H](c3ccccc3Cl)C2)cc1. The molecule has 0 N–H and O–H groups in total. The molecule has 4 nitrogen and oxygen atoms in total. The molecular formula is C19H18ClNO3. The zero-order chi connectivity index (χ0) is 17.1. The molecule has 0 radical (unpaired) electrons. The first-order valence-electron chi connectivity index (χ1n) is 7.81. The van der Waals surface area contributed by atoms with Crippen molar-refractivity contribution in [2.24, 2.45) is 0 Å². The molecule has 3 rings (SSSR count). The van der Waals surface area contributed by atoms with Gasteiger partial charge in [0.2, 0.25) is 6.04 Å². The molecule has 0 heterocycles. The highest BCUT2D eigenvalue weighted by molar-refractivity contribution is 6.31. The summed E-state index contributed by atoms with van der Waals surface area (Å²) >= 11 is 6.30. The van der Waals surface area contributed by atoms with Gasteiger partial charge in [0.15, 0.2) is 0 Å². The van der Waals surface area contributed by atoms with Crippen molar-refractivity contribution in [2.75, 3.05) is 7.11 Å². The van der Waals surface area contributed by atoms with Gasteiger partial charge < -0.3 is 4.74 Å². The fourth-order valence-corrected chi connectivity index (χ4v) is 3.53. The van der Waals surface area contributed by atoms with E-state index in [-0.39, 0.29) is 10.8 Å². The van der Waals surface area contributed by atoms with E-state index in [0.29, 0.717) is 17.9 Å². The van der Waals surface area contributed by atoms with Crippen LogP contribution in [0, 0.1) is 10.1 Å². The molecule has 124 valence electrons. The van der Waals surface area contributed by atoms with Gasteiger partial charge in [-0.25, -0.2) is 0 Å². The van der Waals surface area contributed by atoms with Crippen LogP contribution >= 0.6 is 11.6 Å². The average molecular weight is 344 g/mol. The smallest absolute Gasteiger partial charge is 0.223 e. The van der Waals surface area contributed by atoms with E-state index in [1.54, 1.807) is 13.2 Å². The second-order valence-corrected chi connectivity index (χ2v) is 6.29. The predicted octanol–water partition coefficient (Wildman–Crippen LogP) is 4.95. The summed E-state index contributed by atoms with van der Waals surface area (Å²) in [6.07, 6.45) is 2.98. The van der Waals surface area contributed by atoms with E-state index < -0.39 is 6.04 Å². The Morgan fingerprint density at radius 2 is 1.88 bits per heavy atom. The van der Waals surface area contributed by atoms with Gasteiger partial charge in [-0.05, 0) is 41.3 Å². The zero-order valence-electron chi connectivity index (χ0n) is 13.3. The van der Waals surface area contributed by atoms with Crippen LogP contribution in [0.25, 0.3) is 5.57 Å². The lowest BCUT2D eigenvalue weighted by molar-refractivity contribution is -0.526. The molecule has 1 aliphatic carbocycles. The molecule has 5 heteroatoms. The summed E-state index contributed by atoms with van der Waals surface area (Å²) in [5, 5.41) is 12.1. The summed E-state index contributed by atoms with van der Waals surface area (Å²) in [5.41, 5.74) is 3.02. The van der Waals surface area contributed by atoms with E-state index in [1.807, 2.05) is 48.5 Å². The lowest BCUT2D eigenvalue weighted by Crippen LogP contribution is -2.30. The Morgan fingerprint density at radius 1 is 1.17 bits per heavy atom. The van der Waals surface area contributed by atoms with Crippen LogP contribution in [0.1, 0.15) is 29.9 Å². The highest BCUT2D eigenvalue weighted by Crippen LogP contribution is 2.41.